The van der Waals surface area contributed by atoms with Crippen LogP contribution in [0.3, 0.4) is 0 Å². The highest BCUT2D eigenvalue weighted by atomic mass is 32.2. The topological polar surface area (TPSA) is 119 Å². The summed E-state index contributed by atoms with van der Waals surface area (Å²) in [4.78, 5) is 24.2. The van der Waals surface area contributed by atoms with Crippen LogP contribution in [-0.4, -0.2) is 30.7 Å². The molecule has 0 unspecified atom stereocenters. The van der Waals surface area contributed by atoms with Crippen LogP contribution in [0.25, 0.3) is 0 Å². The van der Waals surface area contributed by atoms with Gasteiger partial charge in [-0.15, -0.1) is 0 Å². The van der Waals surface area contributed by atoms with Crippen LogP contribution in [-0.2, 0) is 14.8 Å². The van der Waals surface area contributed by atoms with E-state index in [9.17, 15) is 23.3 Å². The summed E-state index contributed by atoms with van der Waals surface area (Å²) in [6.45, 7) is 2.99. The van der Waals surface area contributed by atoms with Crippen molar-refractivity contribution in [2.75, 3.05) is 6.54 Å². The minimum absolute atomic E-state index is 0.227. The number of Topliss-reactive ketones (excluding diaryl/α,β-unsaturated/α-hetero) is 1. The maximum Gasteiger partial charge on any atom is 0.363 e. The monoisotopic (exact) mass is 287 g/mol. The number of pyridine rings is 1. The molecule has 0 fully saturated rings. The highest BCUT2D eigenvalue weighted by molar-refractivity contribution is 7.89. The first-order chi connectivity index (χ1) is 8.74. The number of sulfonamides is 1. The second kappa shape index (κ2) is 5.85. The minimum Gasteiger partial charge on any atom is -0.358 e. The molecule has 1 rings (SSSR count). The van der Waals surface area contributed by atoms with Gasteiger partial charge in [-0.3, -0.25) is 4.79 Å². The van der Waals surface area contributed by atoms with Gasteiger partial charge in [-0.1, -0.05) is 13.8 Å². The highest BCUT2D eigenvalue weighted by Gasteiger charge is 2.19. The maximum absolute atomic E-state index is 11.8. The third-order valence-corrected chi connectivity index (χ3v) is 3.68. The van der Waals surface area contributed by atoms with E-state index < -0.39 is 20.8 Å². The van der Waals surface area contributed by atoms with E-state index in [4.69, 9.17) is 0 Å². The van der Waals surface area contributed by atoms with E-state index >= 15 is 0 Å². The Morgan fingerprint density at radius 3 is 2.53 bits per heavy atom. The molecule has 0 aromatic carbocycles. The molecule has 0 amide bonds. The number of carbonyl (C=O) groups excluding carboxylic acids is 1. The van der Waals surface area contributed by atoms with E-state index in [2.05, 4.69) is 9.71 Å². The zero-order valence-corrected chi connectivity index (χ0v) is 11.2. The molecule has 1 N–H and O–H groups in total. The van der Waals surface area contributed by atoms with Crippen molar-refractivity contribution in [3.8, 4) is 0 Å². The van der Waals surface area contributed by atoms with E-state index in [1.165, 1.54) is 0 Å². The van der Waals surface area contributed by atoms with Gasteiger partial charge in [-0.25, -0.2) is 13.1 Å². The van der Waals surface area contributed by atoms with Crippen LogP contribution in [0.5, 0.6) is 0 Å². The highest BCUT2D eigenvalue weighted by Crippen LogP contribution is 2.11. The Hall–Kier alpha value is -1.87. The second-order valence-electron chi connectivity index (χ2n) is 4.05. The van der Waals surface area contributed by atoms with Crippen molar-refractivity contribution < 1.29 is 18.1 Å². The lowest BCUT2D eigenvalue weighted by molar-refractivity contribution is -0.389. The Balaban J connectivity index is 2.83. The molecule has 9 heteroatoms. The first kappa shape index (κ1) is 15.2. The lowest BCUT2D eigenvalue weighted by Crippen LogP contribution is -2.31. The first-order valence-corrected chi connectivity index (χ1v) is 6.85. The van der Waals surface area contributed by atoms with E-state index in [-0.39, 0.29) is 23.1 Å². The van der Waals surface area contributed by atoms with Crippen LogP contribution in [0, 0.1) is 16.0 Å². The number of nitrogens with one attached hydrogen (secondary N) is 1. The second-order valence-corrected chi connectivity index (χ2v) is 5.82. The van der Waals surface area contributed by atoms with Crippen LogP contribution in [0.2, 0.25) is 0 Å². The average Bonchev–Trinajstić information content (AvgIpc) is 2.36. The van der Waals surface area contributed by atoms with Gasteiger partial charge in [-0.05, 0) is 16.0 Å². The lowest BCUT2D eigenvalue weighted by Gasteiger charge is -2.06. The van der Waals surface area contributed by atoms with Crippen LogP contribution in [0.1, 0.15) is 13.8 Å². The van der Waals surface area contributed by atoms with E-state index in [1.54, 1.807) is 13.8 Å². The van der Waals surface area contributed by atoms with Gasteiger partial charge in [0, 0.05) is 12.0 Å². The fraction of sp³-hybridized carbons (Fsp3) is 0.400. The molecule has 1 aromatic heterocycles. The summed E-state index contributed by atoms with van der Waals surface area (Å²) in [5.74, 6) is -0.978. The summed E-state index contributed by atoms with van der Waals surface area (Å²) in [5.41, 5.74) is 0. The molecule has 0 atom stereocenters. The van der Waals surface area contributed by atoms with Crippen LogP contribution >= 0.6 is 0 Å². The summed E-state index contributed by atoms with van der Waals surface area (Å²) in [5, 5.41) is 10.4. The van der Waals surface area contributed by atoms with Crippen molar-refractivity contribution in [1.29, 1.82) is 0 Å². The number of rotatable bonds is 6. The molecule has 8 nitrogen and oxygen atoms in total. The van der Waals surface area contributed by atoms with Crippen molar-refractivity contribution in [3.63, 3.8) is 0 Å². The van der Waals surface area contributed by atoms with Crippen LogP contribution in [0.15, 0.2) is 23.2 Å². The molecule has 0 aliphatic heterocycles. The first-order valence-electron chi connectivity index (χ1n) is 5.37. The molecule has 0 spiro atoms. The Labute approximate surface area is 110 Å². The Kier molecular flexibility index (Phi) is 4.67. The van der Waals surface area contributed by atoms with Gasteiger partial charge < -0.3 is 10.1 Å². The Morgan fingerprint density at radius 1 is 1.47 bits per heavy atom. The molecular formula is C10H13N3O5S. The molecule has 1 heterocycles. The van der Waals surface area contributed by atoms with Gasteiger partial charge in [0.2, 0.25) is 10.0 Å². The lowest BCUT2D eigenvalue weighted by atomic mass is 10.1. The average molecular weight is 287 g/mol. The Bertz CT molecular complexity index is 580. The summed E-state index contributed by atoms with van der Waals surface area (Å²) >= 11 is 0. The number of hydrogen-bond acceptors (Lipinski definition) is 6. The molecule has 0 bridgehead atoms. The van der Waals surface area contributed by atoms with Gasteiger partial charge in [-0.2, -0.15) is 0 Å². The summed E-state index contributed by atoms with van der Waals surface area (Å²) in [6.07, 6.45) is 0.875. The normalized spacial score (nSPS) is 11.5. The maximum atomic E-state index is 11.8. The van der Waals surface area contributed by atoms with Crippen molar-refractivity contribution >= 4 is 21.6 Å². The van der Waals surface area contributed by atoms with E-state index in [0.717, 1.165) is 18.3 Å². The van der Waals surface area contributed by atoms with Gasteiger partial charge in [0.25, 0.3) is 0 Å². The molecule has 0 aliphatic carbocycles. The molecule has 0 saturated carbocycles. The van der Waals surface area contributed by atoms with Crippen molar-refractivity contribution in [2.24, 2.45) is 5.92 Å². The zero-order chi connectivity index (χ0) is 14.6. The number of ketones is 1. The van der Waals surface area contributed by atoms with Crippen molar-refractivity contribution in [2.45, 2.75) is 18.7 Å². The van der Waals surface area contributed by atoms with Crippen LogP contribution < -0.4 is 4.72 Å². The quantitative estimate of drug-likeness (QED) is 0.600. The van der Waals surface area contributed by atoms with Gasteiger partial charge in [0.05, 0.1) is 6.54 Å². The van der Waals surface area contributed by atoms with Gasteiger partial charge >= 0.3 is 5.82 Å². The van der Waals surface area contributed by atoms with Gasteiger partial charge in [0.15, 0.2) is 6.20 Å². The SMILES string of the molecule is CC(C)C(=O)CNS(=O)(=O)c1ccc([N+](=O)[O-])nc1. The number of carbonyl (C=O) groups is 1. The summed E-state index contributed by atoms with van der Waals surface area (Å²) in [7, 11) is -3.89. The van der Waals surface area contributed by atoms with Gasteiger partial charge in [0.1, 0.15) is 10.7 Å². The third kappa shape index (κ3) is 4.07. The van der Waals surface area contributed by atoms with Crippen molar-refractivity contribution in [1.82, 2.24) is 9.71 Å². The number of aromatic nitrogens is 1. The molecule has 1 aromatic rings. The smallest absolute Gasteiger partial charge is 0.358 e. The predicted octanol–water partition coefficient (Wildman–Crippen LogP) is 0.493. The molecule has 0 radical (unpaired) electrons. The fourth-order valence-corrected chi connectivity index (χ4v) is 2.03. The Morgan fingerprint density at radius 2 is 2.11 bits per heavy atom. The summed E-state index contributed by atoms with van der Waals surface area (Å²) < 4.78 is 25.7. The van der Waals surface area contributed by atoms with E-state index in [0.29, 0.717) is 0 Å². The van der Waals surface area contributed by atoms with E-state index in [1.807, 2.05) is 0 Å². The van der Waals surface area contributed by atoms with Crippen molar-refractivity contribution in [3.05, 3.63) is 28.4 Å². The predicted molar refractivity (Wildman–Crippen MR) is 65.9 cm³/mol. The largest absolute Gasteiger partial charge is 0.363 e. The number of hydrogen-bond donors (Lipinski definition) is 1. The molecule has 0 aliphatic rings. The summed E-state index contributed by atoms with van der Waals surface area (Å²) in [6, 6.07) is 2.05. The number of nitro groups is 1. The molecule has 0 saturated heterocycles. The standard InChI is InChI=1S/C10H13N3O5S/c1-7(2)9(14)6-12-19(17,18)8-3-4-10(11-5-8)13(15)16/h3-5,7,12H,6H2,1-2H3. The fourth-order valence-electron chi connectivity index (χ4n) is 1.09. The molecule has 104 valence electrons. The van der Waals surface area contributed by atoms with Crippen LogP contribution in [0.4, 0.5) is 5.82 Å². The molecular weight excluding hydrogens is 274 g/mol. The zero-order valence-electron chi connectivity index (χ0n) is 10.4. The number of nitrogens with zero attached hydrogens (tertiary/aromatic N) is 2. The third-order valence-electron chi connectivity index (χ3n) is 2.30. The molecule has 19 heavy (non-hydrogen) atoms. The minimum atomic E-state index is -3.89.